The molecule has 0 radical (unpaired) electrons. The van der Waals surface area contributed by atoms with E-state index < -0.39 is 18.0 Å². The lowest BCUT2D eigenvalue weighted by Crippen LogP contribution is -2.38. The van der Waals surface area contributed by atoms with Crippen LogP contribution in [0.3, 0.4) is 0 Å². The van der Waals surface area contributed by atoms with Crippen molar-refractivity contribution in [1.82, 2.24) is 19.4 Å². The first-order valence-electron chi connectivity index (χ1n) is 13.9. The fourth-order valence-corrected chi connectivity index (χ4v) is 4.45. The molecule has 0 aliphatic carbocycles. The highest BCUT2D eigenvalue weighted by molar-refractivity contribution is 6.00. The molecule has 0 unspecified atom stereocenters. The van der Waals surface area contributed by atoms with Crippen LogP contribution in [-0.2, 0) is 21.1 Å². The summed E-state index contributed by atoms with van der Waals surface area (Å²) in [5.74, 6) is -0.885. The molecule has 0 saturated heterocycles. The van der Waals surface area contributed by atoms with Gasteiger partial charge in [0.1, 0.15) is 17.4 Å². The van der Waals surface area contributed by atoms with Crippen molar-refractivity contribution >= 4 is 28.6 Å². The fourth-order valence-electron chi connectivity index (χ4n) is 4.45. The van der Waals surface area contributed by atoms with Gasteiger partial charge in [-0.05, 0) is 55.4 Å². The molecule has 0 aliphatic rings. The van der Waals surface area contributed by atoms with Gasteiger partial charge in [-0.2, -0.15) is 4.39 Å². The monoisotopic (exact) mass is 588 g/mol. The number of carbonyl (C=O) groups is 2. The first-order chi connectivity index (χ1) is 20.6. The Morgan fingerprint density at radius 1 is 1.14 bits per heavy atom. The highest BCUT2D eigenvalue weighted by Gasteiger charge is 2.22. The van der Waals surface area contributed by atoms with Crippen molar-refractivity contribution in [2.45, 2.75) is 33.0 Å². The number of halogens is 1. The van der Waals surface area contributed by atoms with Gasteiger partial charge >= 0.3 is 5.97 Å². The third-order valence-electron chi connectivity index (χ3n) is 7.11. The Labute approximate surface area is 250 Å². The number of ether oxygens (including phenoxy) is 2. The van der Waals surface area contributed by atoms with Crippen molar-refractivity contribution in [2.75, 3.05) is 33.1 Å². The Balaban J connectivity index is 1.72. The van der Waals surface area contributed by atoms with Gasteiger partial charge in [0.25, 0.3) is 0 Å². The quantitative estimate of drug-likeness (QED) is 0.137. The summed E-state index contributed by atoms with van der Waals surface area (Å²) in [5.41, 5.74) is 9.87. The highest BCUT2D eigenvalue weighted by Crippen LogP contribution is 2.35. The average molecular weight is 589 g/mol. The number of nitrogens with two attached hydrogens (primary N) is 1. The largest absolute Gasteiger partial charge is 0.497 e. The number of aromatic nitrogens is 3. The van der Waals surface area contributed by atoms with Crippen LogP contribution in [0.2, 0.25) is 0 Å². The van der Waals surface area contributed by atoms with E-state index in [0.29, 0.717) is 40.1 Å². The second-order valence-corrected chi connectivity index (χ2v) is 10.6. The van der Waals surface area contributed by atoms with Crippen LogP contribution < -0.4 is 15.8 Å². The number of likely N-dealkylation sites (N-methyl/N-ethyl adjacent to an activating group) is 1. The lowest BCUT2D eigenvalue weighted by Gasteiger charge is -2.17. The molecule has 4 rings (SSSR count). The van der Waals surface area contributed by atoms with Crippen LogP contribution in [0.15, 0.2) is 67.1 Å². The molecule has 0 spiro atoms. The van der Waals surface area contributed by atoms with Crippen molar-refractivity contribution in [3.05, 3.63) is 73.1 Å². The Morgan fingerprint density at radius 3 is 2.63 bits per heavy atom. The molecular weight excluding hydrogens is 551 g/mol. The first kappa shape index (κ1) is 31.3. The van der Waals surface area contributed by atoms with Gasteiger partial charge in [-0.3, -0.25) is 14.2 Å². The standard InChI is InChI=1S/C32H37FN6O4/c1-6-20(2)30(34)32(41)43-19-39-18-27(21-9-10-35-28(33)15-21)26-14-23(17-36-31(26)39)22-12-24(16-25(13-22)42-5)37-29(40)8-7-11-38(3)4/h7-10,12-18,20,30H,6,11,19,34H2,1-5H3,(H,37,40)/b8-7+/t20-,30-/m0/s1. The normalized spacial score (nSPS) is 12.9. The summed E-state index contributed by atoms with van der Waals surface area (Å²) >= 11 is 0. The summed E-state index contributed by atoms with van der Waals surface area (Å²) < 4.78 is 26.9. The Morgan fingerprint density at radius 2 is 1.93 bits per heavy atom. The summed E-state index contributed by atoms with van der Waals surface area (Å²) in [5, 5.41) is 3.58. The number of hydrogen-bond donors (Lipinski definition) is 2. The molecule has 10 nitrogen and oxygen atoms in total. The van der Waals surface area contributed by atoms with E-state index in [1.54, 1.807) is 42.3 Å². The number of hydrogen-bond acceptors (Lipinski definition) is 8. The number of rotatable bonds is 12. The summed E-state index contributed by atoms with van der Waals surface area (Å²) in [6, 6.07) is 9.59. The summed E-state index contributed by atoms with van der Waals surface area (Å²) in [6.07, 6.45) is 8.83. The van der Waals surface area contributed by atoms with Crippen LogP contribution in [0, 0.1) is 11.9 Å². The molecule has 0 bridgehead atoms. The first-order valence-corrected chi connectivity index (χ1v) is 13.9. The Kier molecular flexibility index (Phi) is 10.2. The highest BCUT2D eigenvalue weighted by atomic mass is 19.1. The van der Waals surface area contributed by atoms with E-state index in [1.165, 1.54) is 18.3 Å². The van der Waals surface area contributed by atoms with Gasteiger partial charge in [0, 0.05) is 65.5 Å². The summed E-state index contributed by atoms with van der Waals surface area (Å²) in [7, 11) is 5.39. The predicted molar refractivity (Wildman–Crippen MR) is 165 cm³/mol. The molecule has 2 atom stereocenters. The number of methoxy groups -OCH3 is 1. The van der Waals surface area contributed by atoms with E-state index in [2.05, 4.69) is 10.3 Å². The maximum absolute atomic E-state index is 14.1. The smallest absolute Gasteiger partial charge is 0.324 e. The number of benzene rings is 1. The van der Waals surface area contributed by atoms with Crippen molar-refractivity contribution in [1.29, 1.82) is 0 Å². The molecule has 3 N–H and O–H groups in total. The number of amides is 1. The van der Waals surface area contributed by atoms with Gasteiger partial charge in [-0.1, -0.05) is 26.3 Å². The second-order valence-electron chi connectivity index (χ2n) is 10.6. The van der Waals surface area contributed by atoms with Crippen LogP contribution in [-0.4, -0.2) is 65.1 Å². The van der Waals surface area contributed by atoms with Crippen LogP contribution in [0.5, 0.6) is 5.75 Å². The molecule has 0 aliphatic heterocycles. The van der Waals surface area contributed by atoms with Crippen molar-refractivity contribution in [3.8, 4) is 28.0 Å². The minimum absolute atomic E-state index is 0.0310. The zero-order valence-electron chi connectivity index (χ0n) is 25.0. The minimum atomic E-state index is -0.744. The molecule has 0 saturated carbocycles. The van der Waals surface area contributed by atoms with Gasteiger partial charge in [0.05, 0.1) is 7.11 Å². The second kappa shape index (κ2) is 14.0. The zero-order chi connectivity index (χ0) is 31.1. The molecule has 4 aromatic rings. The van der Waals surface area contributed by atoms with Crippen molar-refractivity contribution in [2.24, 2.45) is 11.7 Å². The van der Waals surface area contributed by atoms with Gasteiger partial charge in [-0.15, -0.1) is 0 Å². The summed E-state index contributed by atoms with van der Waals surface area (Å²) in [4.78, 5) is 35.4. The van der Waals surface area contributed by atoms with Crippen molar-refractivity contribution < 1.29 is 23.5 Å². The van der Waals surface area contributed by atoms with Gasteiger partial charge in [0.15, 0.2) is 6.73 Å². The van der Waals surface area contributed by atoms with E-state index >= 15 is 0 Å². The maximum atomic E-state index is 14.1. The molecule has 0 fully saturated rings. The number of esters is 1. The molecule has 226 valence electrons. The zero-order valence-corrected chi connectivity index (χ0v) is 25.0. The fraction of sp³-hybridized carbons (Fsp3) is 0.312. The molecule has 43 heavy (non-hydrogen) atoms. The number of anilines is 1. The average Bonchev–Trinajstić information content (AvgIpc) is 3.36. The molecule has 1 amide bonds. The summed E-state index contributed by atoms with van der Waals surface area (Å²) in [6.45, 7) is 4.38. The van der Waals surface area contributed by atoms with Gasteiger partial charge in [-0.25, -0.2) is 9.97 Å². The predicted octanol–water partition coefficient (Wildman–Crippen LogP) is 4.84. The topological polar surface area (TPSA) is 125 Å². The third kappa shape index (κ3) is 7.82. The van der Waals surface area contributed by atoms with Gasteiger partial charge in [0.2, 0.25) is 11.9 Å². The van der Waals surface area contributed by atoms with Crippen LogP contribution in [0.25, 0.3) is 33.3 Å². The molecule has 1 aromatic carbocycles. The maximum Gasteiger partial charge on any atom is 0.324 e. The lowest BCUT2D eigenvalue weighted by molar-refractivity contribution is -0.150. The van der Waals surface area contributed by atoms with E-state index in [-0.39, 0.29) is 18.6 Å². The van der Waals surface area contributed by atoms with E-state index in [9.17, 15) is 14.0 Å². The number of pyridine rings is 2. The minimum Gasteiger partial charge on any atom is -0.497 e. The van der Waals surface area contributed by atoms with Crippen LogP contribution >= 0.6 is 0 Å². The van der Waals surface area contributed by atoms with E-state index in [1.807, 2.05) is 51.0 Å². The molecule has 11 heteroatoms. The Bertz CT molecular complexity index is 1630. The van der Waals surface area contributed by atoms with E-state index in [4.69, 9.17) is 20.2 Å². The molecular formula is C32H37FN6O4. The number of fused-ring (bicyclic) bond motifs is 1. The third-order valence-corrected chi connectivity index (χ3v) is 7.11. The van der Waals surface area contributed by atoms with Crippen LogP contribution in [0.1, 0.15) is 20.3 Å². The SMILES string of the molecule is CC[C@H](C)[C@H](N)C(=O)OCn1cc(-c2ccnc(F)c2)c2cc(-c3cc(NC(=O)/C=C/CN(C)C)cc(OC)c3)cnc21. The lowest BCUT2D eigenvalue weighted by atomic mass is 10.0. The number of nitrogens with zero attached hydrogens (tertiary/aromatic N) is 4. The number of nitrogens with one attached hydrogen (secondary N) is 1. The van der Waals surface area contributed by atoms with E-state index in [0.717, 1.165) is 17.5 Å². The van der Waals surface area contributed by atoms with Crippen LogP contribution in [0.4, 0.5) is 10.1 Å². The van der Waals surface area contributed by atoms with Gasteiger partial charge < -0.3 is 25.4 Å². The number of carbonyl (C=O) groups excluding carboxylic acids is 2. The Hall–Kier alpha value is -4.61. The van der Waals surface area contributed by atoms with Crippen molar-refractivity contribution in [3.63, 3.8) is 0 Å². The molecule has 3 aromatic heterocycles. The molecule has 3 heterocycles.